The molecule has 0 aliphatic carbocycles. The van der Waals surface area contributed by atoms with Crippen molar-refractivity contribution in [2.75, 3.05) is 0 Å². The molecule has 1 heterocycles. The first kappa shape index (κ1) is 18.5. The van der Waals surface area contributed by atoms with Crippen LogP contribution in [0.15, 0.2) is 36.0 Å². The van der Waals surface area contributed by atoms with Crippen molar-refractivity contribution < 1.29 is 4.43 Å². The molecule has 2 rings (SSSR count). The second-order valence-corrected chi connectivity index (χ2v) is 13.9. The number of hydrogen-bond acceptors (Lipinski definition) is 1. The SMILES string of the molecule is CCC1(CC)O[Si](C(C)(C)C)(C(C)(C)C)C=C1c1ccccc1. The van der Waals surface area contributed by atoms with Gasteiger partial charge in [-0.25, -0.2) is 0 Å². The highest BCUT2D eigenvalue weighted by Gasteiger charge is 2.61. The van der Waals surface area contributed by atoms with Crippen molar-refractivity contribution in [3.8, 4) is 0 Å². The lowest BCUT2D eigenvalue weighted by Crippen LogP contribution is -2.54. The summed E-state index contributed by atoms with van der Waals surface area (Å²) < 4.78 is 7.18. The maximum absolute atomic E-state index is 7.18. The van der Waals surface area contributed by atoms with Crippen LogP contribution in [0.5, 0.6) is 0 Å². The Morgan fingerprint density at radius 2 is 1.35 bits per heavy atom. The Hall–Kier alpha value is -0.863. The van der Waals surface area contributed by atoms with Crippen molar-refractivity contribution in [2.45, 2.75) is 83.9 Å². The summed E-state index contributed by atoms with van der Waals surface area (Å²) >= 11 is 0. The summed E-state index contributed by atoms with van der Waals surface area (Å²) in [6.45, 7) is 18.7. The Labute approximate surface area is 144 Å². The summed E-state index contributed by atoms with van der Waals surface area (Å²) in [7, 11) is -2.12. The molecule has 1 aliphatic heterocycles. The van der Waals surface area contributed by atoms with E-state index in [1.165, 1.54) is 11.1 Å². The molecule has 0 unspecified atom stereocenters. The Morgan fingerprint density at radius 1 is 0.870 bits per heavy atom. The minimum Gasteiger partial charge on any atom is -0.402 e. The van der Waals surface area contributed by atoms with Crippen LogP contribution >= 0.6 is 0 Å². The summed E-state index contributed by atoms with van der Waals surface area (Å²) in [5.74, 6) is 0. The molecule has 0 atom stereocenters. The molecule has 0 N–H and O–H groups in total. The van der Waals surface area contributed by atoms with Gasteiger partial charge < -0.3 is 4.43 Å². The molecular formula is C21H34OSi. The molecule has 0 saturated heterocycles. The van der Waals surface area contributed by atoms with E-state index in [9.17, 15) is 0 Å². The second kappa shape index (κ2) is 5.89. The fourth-order valence-electron chi connectivity index (χ4n) is 4.33. The van der Waals surface area contributed by atoms with Gasteiger partial charge in [0.15, 0.2) is 0 Å². The largest absolute Gasteiger partial charge is 0.402 e. The first-order valence-corrected chi connectivity index (χ1v) is 11.0. The molecule has 1 aromatic carbocycles. The van der Waals surface area contributed by atoms with Gasteiger partial charge in [-0.05, 0) is 34.1 Å². The van der Waals surface area contributed by atoms with Crippen LogP contribution in [0.4, 0.5) is 0 Å². The molecule has 1 nitrogen and oxygen atoms in total. The Bertz CT molecular complexity index is 554. The molecule has 0 fully saturated rings. The fraction of sp³-hybridized carbons (Fsp3) is 0.619. The van der Waals surface area contributed by atoms with Gasteiger partial charge in [0.2, 0.25) is 8.32 Å². The van der Waals surface area contributed by atoms with Crippen molar-refractivity contribution >= 4 is 13.9 Å². The maximum Gasteiger partial charge on any atom is 0.229 e. The van der Waals surface area contributed by atoms with E-state index >= 15 is 0 Å². The van der Waals surface area contributed by atoms with E-state index in [1.54, 1.807) is 0 Å². The lowest BCUT2D eigenvalue weighted by Gasteiger charge is -2.49. The third kappa shape index (κ3) is 2.85. The fourth-order valence-corrected chi connectivity index (χ4v) is 9.97. The first-order valence-electron chi connectivity index (χ1n) is 9.02. The van der Waals surface area contributed by atoms with E-state index < -0.39 is 8.32 Å². The lowest BCUT2D eigenvalue weighted by atomic mass is 9.85. The van der Waals surface area contributed by atoms with Gasteiger partial charge >= 0.3 is 0 Å². The van der Waals surface area contributed by atoms with Gasteiger partial charge in [-0.2, -0.15) is 0 Å². The predicted octanol–water partition coefficient (Wildman–Crippen LogP) is 6.74. The Balaban J connectivity index is 2.73. The molecule has 0 spiro atoms. The second-order valence-electron chi connectivity index (χ2n) is 8.96. The third-order valence-corrected chi connectivity index (χ3v) is 11.5. The van der Waals surface area contributed by atoms with Crippen LogP contribution in [-0.2, 0) is 4.43 Å². The van der Waals surface area contributed by atoms with Crippen LogP contribution in [0.3, 0.4) is 0 Å². The molecule has 0 saturated carbocycles. The lowest BCUT2D eigenvalue weighted by molar-refractivity contribution is 0.105. The van der Waals surface area contributed by atoms with E-state index in [1.807, 2.05) is 0 Å². The summed E-state index contributed by atoms with van der Waals surface area (Å²) in [6, 6.07) is 10.9. The van der Waals surface area contributed by atoms with Gasteiger partial charge in [0.1, 0.15) is 0 Å². The van der Waals surface area contributed by atoms with Crippen LogP contribution in [-0.4, -0.2) is 13.9 Å². The van der Waals surface area contributed by atoms with Gasteiger partial charge in [-0.1, -0.05) is 91.4 Å². The smallest absolute Gasteiger partial charge is 0.229 e. The van der Waals surface area contributed by atoms with E-state index in [4.69, 9.17) is 4.43 Å². The van der Waals surface area contributed by atoms with Crippen molar-refractivity contribution in [3.63, 3.8) is 0 Å². The molecule has 0 bridgehead atoms. The average Bonchev–Trinajstić information content (AvgIpc) is 2.85. The summed E-state index contributed by atoms with van der Waals surface area (Å²) in [4.78, 5) is 0. The molecule has 0 aromatic heterocycles. The van der Waals surface area contributed by atoms with Gasteiger partial charge in [0.05, 0.1) is 5.60 Å². The molecule has 1 aromatic rings. The monoisotopic (exact) mass is 330 g/mol. The molecular weight excluding hydrogens is 296 g/mol. The van der Waals surface area contributed by atoms with Gasteiger partial charge in [-0.3, -0.25) is 0 Å². The topological polar surface area (TPSA) is 9.23 Å². The van der Waals surface area contributed by atoms with Crippen molar-refractivity contribution in [2.24, 2.45) is 0 Å². The standard InChI is InChI=1S/C21H34OSi/c1-9-21(10-2)18(17-14-12-11-13-15-17)16-23(22-21,19(3,4)5)20(6,7)8/h11-16H,9-10H2,1-8H3. The van der Waals surface area contributed by atoms with Crippen LogP contribution in [0.25, 0.3) is 5.57 Å². The zero-order valence-corrected chi connectivity index (χ0v) is 17.3. The highest BCUT2D eigenvalue weighted by atomic mass is 28.4. The molecule has 128 valence electrons. The van der Waals surface area contributed by atoms with Gasteiger partial charge in [0, 0.05) is 0 Å². The molecule has 0 amide bonds. The van der Waals surface area contributed by atoms with E-state index in [-0.39, 0.29) is 15.7 Å². The summed E-state index contributed by atoms with van der Waals surface area (Å²) in [5.41, 5.74) is 5.22. The highest BCUT2D eigenvalue weighted by molar-refractivity contribution is 6.85. The number of hydrogen-bond donors (Lipinski definition) is 0. The molecule has 0 radical (unpaired) electrons. The average molecular weight is 331 g/mol. The number of benzene rings is 1. The van der Waals surface area contributed by atoms with Crippen LogP contribution < -0.4 is 0 Å². The Morgan fingerprint density at radius 3 is 1.74 bits per heavy atom. The van der Waals surface area contributed by atoms with Gasteiger partial charge in [0.25, 0.3) is 0 Å². The van der Waals surface area contributed by atoms with Crippen LogP contribution in [0.2, 0.25) is 10.1 Å². The third-order valence-electron chi connectivity index (χ3n) is 5.65. The van der Waals surface area contributed by atoms with Crippen molar-refractivity contribution in [1.82, 2.24) is 0 Å². The Kier molecular flexibility index (Phi) is 4.73. The molecule has 1 aliphatic rings. The van der Waals surface area contributed by atoms with E-state index in [0.717, 1.165) is 12.8 Å². The predicted molar refractivity (Wildman–Crippen MR) is 104 cm³/mol. The minimum absolute atomic E-state index is 0.131. The van der Waals surface area contributed by atoms with Crippen LogP contribution in [0, 0.1) is 0 Å². The number of rotatable bonds is 3. The zero-order valence-electron chi connectivity index (χ0n) is 16.3. The molecule has 2 heteroatoms. The quantitative estimate of drug-likeness (QED) is 0.557. The van der Waals surface area contributed by atoms with E-state index in [0.29, 0.717) is 0 Å². The van der Waals surface area contributed by atoms with Crippen LogP contribution in [0.1, 0.15) is 73.8 Å². The zero-order chi connectivity index (χ0) is 17.5. The summed E-state index contributed by atoms with van der Waals surface area (Å²) in [5, 5.41) is 0.328. The van der Waals surface area contributed by atoms with Crippen molar-refractivity contribution in [1.29, 1.82) is 0 Å². The first-order chi connectivity index (χ1) is 10.5. The normalized spacial score (nSPS) is 20.4. The van der Waals surface area contributed by atoms with Crippen molar-refractivity contribution in [3.05, 3.63) is 41.6 Å². The van der Waals surface area contributed by atoms with E-state index in [2.05, 4.69) is 91.4 Å². The van der Waals surface area contributed by atoms with Gasteiger partial charge in [-0.15, -0.1) is 0 Å². The summed E-state index contributed by atoms with van der Waals surface area (Å²) in [6.07, 6.45) is 2.07. The highest BCUT2D eigenvalue weighted by Crippen LogP contribution is 2.60. The maximum atomic E-state index is 7.18. The molecule has 23 heavy (non-hydrogen) atoms. The minimum atomic E-state index is -2.12.